The molecule has 4 rings (SSSR count). The zero-order valence-corrected chi connectivity index (χ0v) is 24.3. The maximum absolute atomic E-state index is 14.0. The van der Waals surface area contributed by atoms with E-state index in [9.17, 15) is 34.8 Å². The number of anilines is 2. The molecule has 1 amide bonds. The lowest BCUT2D eigenvalue weighted by molar-refractivity contribution is -0.148. The summed E-state index contributed by atoms with van der Waals surface area (Å²) in [4.78, 5) is 48.4. The van der Waals surface area contributed by atoms with Gasteiger partial charge in [0, 0.05) is 36.8 Å². The molecule has 0 radical (unpaired) electrons. The van der Waals surface area contributed by atoms with Crippen LogP contribution in [-0.4, -0.2) is 94.9 Å². The minimum atomic E-state index is -2.69. The number of benzene rings is 1. The largest absolute Gasteiger partial charge is 0.510 e. The third-order valence-electron chi connectivity index (χ3n) is 7.89. The number of hydrogen-bond donors (Lipinski definition) is 7. The minimum Gasteiger partial charge on any atom is -0.510 e. The van der Waals surface area contributed by atoms with Gasteiger partial charge in [0.1, 0.15) is 29.6 Å². The number of phenolic OH excluding ortho intramolecular Hbond substituents is 1. The van der Waals surface area contributed by atoms with Gasteiger partial charge in [0.05, 0.1) is 17.3 Å². The lowest BCUT2D eigenvalue weighted by Gasteiger charge is -2.50. The first kappa shape index (κ1) is 30.3. The van der Waals surface area contributed by atoms with Gasteiger partial charge in [0.15, 0.2) is 11.4 Å². The van der Waals surface area contributed by atoms with Crippen LogP contribution in [0.5, 0.6) is 5.75 Å². The highest BCUT2D eigenvalue weighted by atomic mass is 16.7. The number of hydrogen-bond acceptors (Lipinski definition) is 12. The molecule has 0 aliphatic heterocycles. The number of amides is 1. The summed E-state index contributed by atoms with van der Waals surface area (Å²) in [5.74, 6) is -6.92. The van der Waals surface area contributed by atoms with Gasteiger partial charge in [-0.2, -0.15) is 5.48 Å². The van der Waals surface area contributed by atoms with Crippen molar-refractivity contribution in [3.63, 3.8) is 0 Å². The smallest absolute Gasteiger partial charge is 0.255 e. The molecule has 0 bridgehead atoms. The Labute approximate surface area is 238 Å². The SMILES string of the molecule is CN(C)c1cc(NCONC(C)(C)C)c(O)c2c1CC1CC3[C@H](N(C)C)C(O)=C(C(N)=O)C(=O)[C@@]3(O)C(O)=C1C2=O. The Kier molecular flexibility index (Phi) is 7.63. The zero-order chi connectivity index (χ0) is 30.8. The number of likely N-dealkylation sites (N-methyl/N-ethyl adjacent to an activating group) is 1. The number of hydroxylamine groups is 1. The molecule has 13 nitrogen and oxygen atoms in total. The van der Waals surface area contributed by atoms with Crippen LogP contribution in [0, 0.1) is 11.8 Å². The molecule has 3 aliphatic carbocycles. The van der Waals surface area contributed by atoms with Crippen molar-refractivity contribution >= 4 is 28.8 Å². The van der Waals surface area contributed by atoms with Crippen LogP contribution in [0.1, 0.15) is 43.1 Å². The number of aliphatic hydroxyl groups excluding tert-OH is 2. The normalized spacial score (nSPS) is 26.1. The molecule has 0 saturated carbocycles. The predicted octanol–water partition coefficient (Wildman–Crippen LogP) is 0.876. The molecule has 0 fully saturated rings. The van der Waals surface area contributed by atoms with Crippen LogP contribution >= 0.6 is 0 Å². The fraction of sp³-hybridized carbons (Fsp3) is 0.536. The number of fused-ring (bicyclic) bond motifs is 3. The van der Waals surface area contributed by atoms with Gasteiger partial charge >= 0.3 is 0 Å². The molecular weight excluding hydrogens is 534 g/mol. The Bertz CT molecular complexity index is 1380. The van der Waals surface area contributed by atoms with Gasteiger partial charge in [0.2, 0.25) is 5.78 Å². The third-order valence-corrected chi connectivity index (χ3v) is 7.89. The number of allylic oxidation sites excluding steroid dienone is 1. The van der Waals surface area contributed by atoms with Crippen LogP contribution in [0.25, 0.3) is 0 Å². The second-order valence-corrected chi connectivity index (χ2v) is 12.3. The van der Waals surface area contributed by atoms with Crippen molar-refractivity contribution in [2.75, 3.05) is 45.1 Å². The highest BCUT2D eigenvalue weighted by molar-refractivity contribution is 6.25. The lowest BCUT2D eigenvalue weighted by atomic mass is 9.58. The van der Waals surface area contributed by atoms with E-state index in [4.69, 9.17) is 10.6 Å². The molecule has 3 aliphatic rings. The molecule has 4 atom stereocenters. The van der Waals surface area contributed by atoms with Crippen LogP contribution < -0.4 is 21.4 Å². The summed E-state index contributed by atoms with van der Waals surface area (Å²) in [6.45, 7) is 5.68. The van der Waals surface area contributed by atoms with Crippen LogP contribution in [0.2, 0.25) is 0 Å². The number of aromatic hydroxyl groups is 1. The monoisotopic (exact) mass is 573 g/mol. The molecule has 0 saturated heterocycles. The van der Waals surface area contributed by atoms with Crippen molar-refractivity contribution in [1.29, 1.82) is 0 Å². The molecule has 2 unspecified atom stereocenters. The Morgan fingerprint density at radius 3 is 2.34 bits per heavy atom. The first-order valence-corrected chi connectivity index (χ1v) is 13.3. The number of primary amides is 1. The zero-order valence-electron chi connectivity index (χ0n) is 24.3. The second kappa shape index (κ2) is 10.3. The predicted molar refractivity (Wildman–Crippen MR) is 150 cm³/mol. The number of carbonyl (C=O) groups excluding carboxylic acids is 3. The Hall–Kier alpha value is -3.65. The van der Waals surface area contributed by atoms with Gasteiger partial charge in [-0.25, -0.2) is 0 Å². The quantitative estimate of drug-likeness (QED) is 0.0800. The first-order chi connectivity index (χ1) is 18.9. The van der Waals surface area contributed by atoms with E-state index in [1.165, 1.54) is 4.90 Å². The Balaban J connectivity index is 1.85. The van der Waals surface area contributed by atoms with E-state index >= 15 is 0 Å². The summed E-state index contributed by atoms with van der Waals surface area (Å²) in [7, 11) is 6.75. The van der Waals surface area contributed by atoms with E-state index in [1.807, 2.05) is 20.8 Å². The molecule has 1 aromatic rings. The summed E-state index contributed by atoms with van der Waals surface area (Å²) < 4.78 is 0. The topological polar surface area (TPSA) is 198 Å². The van der Waals surface area contributed by atoms with E-state index in [0.29, 0.717) is 11.3 Å². The molecule has 13 heteroatoms. The van der Waals surface area contributed by atoms with Crippen molar-refractivity contribution in [2.45, 2.75) is 50.8 Å². The number of Topliss-reactive ketones (excluding diaryl/α,β-unsaturated/α-hetero) is 2. The highest BCUT2D eigenvalue weighted by Gasteiger charge is 2.63. The molecule has 0 aromatic heterocycles. The molecule has 41 heavy (non-hydrogen) atoms. The van der Waals surface area contributed by atoms with Crippen molar-refractivity contribution in [3.8, 4) is 5.75 Å². The summed E-state index contributed by atoms with van der Waals surface area (Å²) >= 11 is 0. The number of rotatable bonds is 7. The number of phenols is 1. The number of carbonyl (C=O) groups is 3. The van der Waals surface area contributed by atoms with Crippen LogP contribution in [0.15, 0.2) is 28.7 Å². The van der Waals surface area contributed by atoms with E-state index in [1.54, 1.807) is 39.2 Å². The third kappa shape index (κ3) is 4.82. The molecule has 0 spiro atoms. The standard InChI is InChI=1S/C28H39N5O8/c1-27(2,3)31-41-11-30-15-10-16(32(4)5)13-8-12-9-14-20(33(6)7)23(36)19(26(29)39)25(38)28(14,40)24(37)17(12)22(35)18(13)21(15)34/h10,12,14,20,30-31,34,36-37,40H,8-9,11H2,1-7H3,(H2,29,39)/t12?,14?,20-,28-/m0/s1. The lowest BCUT2D eigenvalue weighted by Crippen LogP contribution is -2.63. The van der Waals surface area contributed by atoms with Crippen molar-refractivity contribution in [3.05, 3.63) is 39.9 Å². The van der Waals surface area contributed by atoms with Gasteiger partial charge in [0.25, 0.3) is 5.91 Å². The number of ketones is 2. The molecule has 0 heterocycles. The summed E-state index contributed by atoms with van der Waals surface area (Å²) in [6.07, 6.45) is 0.212. The molecular formula is C28H39N5O8. The second-order valence-electron chi connectivity index (χ2n) is 12.3. The minimum absolute atomic E-state index is 0.0196. The van der Waals surface area contributed by atoms with Crippen LogP contribution in [0.4, 0.5) is 11.4 Å². The Morgan fingerprint density at radius 1 is 1.17 bits per heavy atom. The highest BCUT2D eigenvalue weighted by Crippen LogP contribution is 2.53. The van der Waals surface area contributed by atoms with Gasteiger partial charge in [-0.3, -0.25) is 24.1 Å². The fourth-order valence-electron chi connectivity index (χ4n) is 6.20. The average Bonchev–Trinajstić information content (AvgIpc) is 2.83. The first-order valence-electron chi connectivity index (χ1n) is 13.3. The van der Waals surface area contributed by atoms with Crippen molar-refractivity contribution in [1.82, 2.24) is 10.4 Å². The summed E-state index contributed by atoms with van der Waals surface area (Å²) in [5, 5.41) is 48.3. The van der Waals surface area contributed by atoms with Gasteiger partial charge in [-0.1, -0.05) is 0 Å². The van der Waals surface area contributed by atoms with Crippen molar-refractivity contribution in [2.24, 2.45) is 17.6 Å². The maximum Gasteiger partial charge on any atom is 0.255 e. The number of nitrogens with one attached hydrogen (secondary N) is 2. The molecule has 1 aromatic carbocycles. The van der Waals surface area contributed by atoms with E-state index in [0.717, 1.165) is 0 Å². The molecule has 8 N–H and O–H groups in total. The number of aliphatic hydroxyl groups is 3. The van der Waals surface area contributed by atoms with Gasteiger partial charge in [-0.05, 0) is 65.3 Å². The number of nitrogens with two attached hydrogens (primary N) is 1. The van der Waals surface area contributed by atoms with Crippen molar-refractivity contribution < 1.29 is 39.6 Å². The van der Waals surface area contributed by atoms with Crippen LogP contribution in [0.3, 0.4) is 0 Å². The summed E-state index contributed by atoms with van der Waals surface area (Å²) in [6, 6.07) is 0.645. The molecule has 224 valence electrons. The summed E-state index contributed by atoms with van der Waals surface area (Å²) in [5.41, 5.74) is 5.45. The van der Waals surface area contributed by atoms with Gasteiger partial charge < -0.3 is 36.4 Å². The Morgan fingerprint density at radius 2 is 1.80 bits per heavy atom. The maximum atomic E-state index is 14.0. The fourth-order valence-corrected chi connectivity index (χ4v) is 6.20. The van der Waals surface area contributed by atoms with Crippen LogP contribution in [-0.2, 0) is 20.8 Å². The average molecular weight is 574 g/mol. The van der Waals surface area contributed by atoms with E-state index in [-0.39, 0.29) is 47.7 Å². The van der Waals surface area contributed by atoms with Gasteiger partial charge in [-0.15, -0.1) is 0 Å². The van der Waals surface area contributed by atoms with E-state index < -0.39 is 58.0 Å². The van der Waals surface area contributed by atoms with E-state index in [2.05, 4.69) is 10.8 Å². The number of nitrogens with zero attached hydrogens (tertiary/aromatic N) is 2.